The Morgan fingerprint density at radius 3 is 2.47 bits per heavy atom. The number of halogens is 1. The van der Waals surface area contributed by atoms with Gasteiger partial charge in [-0.25, -0.2) is 8.42 Å². The molecule has 1 fully saturated rings. The number of para-hydroxylation sites is 1. The molecule has 0 aliphatic carbocycles. The maximum atomic E-state index is 13.7. The van der Waals surface area contributed by atoms with Crippen LogP contribution in [0.1, 0.15) is 10.5 Å². The van der Waals surface area contributed by atoms with E-state index >= 15 is 0 Å². The number of nitrogens with one attached hydrogen (secondary N) is 2. The minimum Gasteiger partial charge on any atom is -0.457 e. The highest BCUT2D eigenvalue weighted by molar-refractivity contribution is 9.10. The Morgan fingerprint density at radius 2 is 1.76 bits per heavy atom. The van der Waals surface area contributed by atoms with E-state index in [2.05, 4.69) is 26.2 Å². The molecule has 5 rings (SSSR count). The zero-order chi connectivity index (χ0) is 26.9. The van der Waals surface area contributed by atoms with Gasteiger partial charge in [-0.15, -0.1) is 0 Å². The highest BCUT2D eigenvalue weighted by Gasteiger charge is 2.38. The number of hydrogen-bond donors (Lipinski definition) is 3. The lowest BCUT2D eigenvalue weighted by molar-refractivity contribution is -0.130. The molecule has 10 nitrogen and oxygen atoms in total. The molecule has 0 radical (unpaired) electrons. The average Bonchev–Trinajstić information content (AvgIpc) is 3.30. The zero-order valence-corrected chi connectivity index (χ0v) is 22.3. The second-order valence-electron chi connectivity index (χ2n) is 8.53. The van der Waals surface area contributed by atoms with Gasteiger partial charge in [0.05, 0.1) is 6.61 Å². The molecule has 0 saturated carbocycles. The summed E-state index contributed by atoms with van der Waals surface area (Å²) in [4.78, 5) is 27.6. The first-order valence-electron chi connectivity index (χ1n) is 11.6. The van der Waals surface area contributed by atoms with E-state index in [1.54, 1.807) is 42.5 Å². The van der Waals surface area contributed by atoms with Crippen LogP contribution in [0.4, 0.5) is 5.69 Å². The maximum Gasteiger partial charge on any atom is 0.266 e. The van der Waals surface area contributed by atoms with Gasteiger partial charge in [0, 0.05) is 34.2 Å². The number of H-pyrrole nitrogens is 1. The Bertz CT molecular complexity index is 1610. The molecule has 12 heteroatoms. The monoisotopic (exact) mass is 598 g/mol. The molecule has 3 aromatic carbocycles. The summed E-state index contributed by atoms with van der Waals surface area (Å²) in [6, 6.07) is 21.0. The first-order chi connectivity index (χ1) is 18.2. The van der Waals surface area contributed by atoms with E-state index in [1.807, 2.05) is 30.3 Å². The molecule has 0 spiro atoms. The maximum absolute atomic E-state index is 13.7. The van der Waals surface area contributed by atoms with Gasteiger partial charge in [-0.05, 0) is 54.6 Å². The number of aromatic amines is 1. The van der Waals surface area contributed by atoms with Crippen molar-refractivity contribution >= 4 is 54.4 Å². The number of rotatable bonds is 7. The molecule has 38 heavy (non-hydrogen) atoms. The number of sulfonamides is 1. The average molecular weight is 599 g/mol. The van der Waals surface area contributed by atoms with Crippen molar-refractivity contribution < 1.29 is 27.5 Å². The smallest absolute Gasteiger partial charge is 0.266 e. The standard InChI is InChI=1S/C26H23BrN4O6S/c27-16-6-11-21-20(14-16)24(23(30-21)25(28)32)38(34,35)31-12-13-36-22(15-31)26(33)29-17-7-9-19(10-8-17)37-18-4-2-1-3-5-18/h1-11,14,22,30H,12-13,15H2,(H2,28,32)(H,29,33). The summed E-state index contributed by atoms with van der Waals surface area (Å²) in [6.07, 6.45) is -1.06. The molecule has 1 atom stereocenters. The summed E-state index contributed by atoms with van der Waals surface area (Å²) in [5.74, 6) is -0.129. The van der Waals surface area contributed by atoms with Crippen molar-refractivity contribution in [3.05, 3.63) is 83.0 Å². The summed E-state index contributed by atoms with van der Waals surface area (Å²) in [5.41, 5.74) is 6.22. The van der Waals surface area contributed by atoms with Gasteiger partial charge in [0.1, 0.15) is 28.2 Å². The summed E-state index contributed by atoms with van der Waals surface area (Å²) in [6.45, 7) is -0.224. The van der Waals surface area contributed by atoms with Crippen LogP contribution < -0.4 is 15.8 Å². The third-order valence-corrected chi connectivity index (χ3v) is 8.42. The first kappa shape index (κ1) is 25.9. The molecular weight excluding hydrogens is 576 g/mol. The molecule has 1 aliphatic rings. The predicted molar refractivity (Wildman–Crippen MR) is 145 cm³/mol. The second kappa shape index (κ2) is 10.6. The molecule has 1 aromatic heterocycles. The fourth-order valence-electron chi connectivity index (χ4n) is 4.17. The molecule has 2 amide bonds. The third-order valence-electron chi connectivity index (χ3n) is 5.98. The molecule has 1 aliphatic heterocycles. The summed E-state index contributed by atoms with van der Waals surface area (Å²) >= 11 is 3.34. The molecular formula is C26H23BrN4O6S. The minimum absolute atomic E-state index is 0.000868. The van der Waals surface area contributed by atoms with Gasteiger partial charge in [0.2, 0.25) is 10.0 Å². The number of nitrogens with zero attached hydrogens (tertiary/aromatic N) is 1. The molecule has 4 aromatic rings. The highest BCUT2D eigenvalue weighted by atomic mass is 79.9. The lowest BCUT2D eigenvalue weighted by atomic mass is 10.2. The normalized spacial score (nSPS) is 16.3. The number of ether oxygens (including phenoxy) is 2. The number of benzene rings is 3. The molecule has 196 valence electrons. The van der Waals surface area contributed by atoms with Crippen LogP contribution >= 0.6 is 15.9 Å². The number of aromatic nitrogens is 1. The number of anilines is 1. The molecule has 1 saturated heterocycles. The molecule has 2 heterocycles. The van der Waals surface area contributed by atoms with E-state index < -0.39 is 27.9 Å². The largest absolute Gasteiger partial charge is 0.457 e. The van der Waals surface area contributed by atoms with Crippen molar-refractivity contribution in [2.24, 2.45) is 5.73 Å². The number of nitrogens with two attached hydrogens (primary N) is 1. The lowest BCUT2D eigenvalue weighted by Crippen LogP contribution is -2.50. The van der Waals surface area contributed by atoms with Crippen LogP contribution in [0.15, 0.2) is 82.2 Å². The van der Waals surface area contributed by atoms with Crippen LogP contribution in [-0.4, -0.2) is 55.3 Å². The molecule has 4 N–H and O–H groups in total. The van der Waals surface area contributed by atoms with Gasteiger partial charge in [0.15, 0.2) is 0 Å². The Hall–Kier alpha value is -3.71. The van der Waals surface area contributed by atoms with Gasteiger partial charge in [0.25, 0.3) is 11.8 Å². The number of carbonyl (C=O) groups excluding carboxylic acids is 2. The van der Waals surface area contributed by atoms with Crippen molar-refractivity contribution in [3.8, 4) is 11.5 Å². The second-order valence-corrected chi connectivity index (χ2v) is 11.3. The van der Waals surface area contributed by atoms with Gasteiger partial charge < -0.3 is 25.5 Å². The summed E-state index contributed by atoms with van der Waals surface area (Å²) < 4.78 is 40.5. The fourth-order valence-corrected chi connectivity index (χ4v) is 6.29. The number of carbonyl (C=O) groups is 2. The topological polar surface area (TPSA) is 144 Å². The number of primary amides is 1. The van der Waals surface area contributed by atoms with E-state index in [0.29, 0.717) is 32.6 Å². The van der Waals surface area contributed by atoms with Crippen molar-refractivity contribution in [1.82, 2.24) is 9.29 Å². The van der Waals surface area contributed by atoms with Crippen LogP contribution in [0.2, 0.25) is 0 Å². The van der Waals surface area contributed by atoms with Gasteiger partial charge >= 0.3 is 0 Å². The number of morpholine rings is 1. The SMILES string of the molecule is NC(=O)c1[nH]c2ccc(Br)cc2c1S(=O)(=O)N1CCOC(C(=O)Nc2ccc(Oc3ccccc3)cc2)C1. The predicted octanol–water partition coefficient (Wildman–Crippen LogP) is 3.85. The van der Waals surface area contributed by atoms with Crippen LogP contribution in [0, 0.1) is 0 Å². The van der Waals surface area contributed by atoms with Gasteiger partial charge in [-0.2, -0.15) is 4.31 Å². The van der Waals surface area contributed by atoms with E-state index in [1.165, 1.54) is 0 Å². The van der Waals surface area contributed by atoms with Crippen molar-refractivity contribution in [3.63, 3.8) is 0 Å². The zero-order valence-electron chi connectivity index (χ0n) is 19.9. The lowest BCUT2D eigenvalue weighted by Gasteiger charge is -2.31. The van der Waals surface area contributed by atoms with E-state index in [0.717, 1.165) is 4.31 Å². The van der Waals surface area contributed by atoms with Crippen LogP contribution in [0.25, 0.3) is 10.9 Å². The fraction of sp³-hybridized carbons (Fsp3) is 0.154. The Kier molecular flexibility index (Phi) is 7.21. The Balaban J connectivity index is 1.32. The van der Waals surface area contributed by atoms with Gasteiger partial charge in [-0.1, -0.05) is 34.1 Å². The van der Waals surface area contributed by atoms with Gasteiger partial charge in [-0.3, -0.25) is 9.59 Å². The number of hydrogen-bond acceptors (Lipinski definition) is 6. The Labute approximate surface area is 226 Å². The van der Waals surface area contributed by atoms with Crippen LogP contribution in [-0.2, 0) is 19.6 Å². The number of fused-ring (bicyclic) bond motifs is 1. The van der Waals surface area contributed by atoms with Crippen molar-refractivity contribution in [1.29, 1.82) is 0 Å². The summed E-state index contributed by atoms with van der Waals surface area (Å²) in [7, 11) is -4.21. The van der Waals surface area contributed by atoms with Crippen LogP contribution in [0.3, 0.4) is 0 Å². The minimum atomic E-state index is -4.21. The highest BCUT2D eigenvalue weighted by Crippen LogP contribution is 2.32. The number of amides is 2. The molecule has 0 bridgehead atoms. The summed E-state index contributed by atoms with van der Waals surface area (Å²) in [5, 5.41) is 3.07. The molecule has 1 unspecified atom stereocenters. The quantitative estimate of drug-likeness (QED) is 0.295. The Morgan fingerprint density at radius 1 is 1.05 bits per heavy atom. The van der Waals surface area contributed by atoms with E-state index in [9.17, 15) is 18.0 Å². The van der Waals surface area contributed by atoms with E-state index in [4.69, 9.17) is 15.2 Å². The van der Waals surface area contributed by atoms with Crippen molar-refractivity contribution in [2.45, 2.75) is 11.0 Å². The first-order valence-corrected chi connectivity index (χ1v) is 13.8. The third kappa shape index (κ3) is 5.29. The van der Waals surface area contributed by atoms with E-state index in [-0.39, 0.29) is 30.3 Å². The van der Waals surface area contributed by atoms with Crippen LogP contribution in [0.5, 0.6) is 11.5 Å². The van der Waals surface area contributed by atoms with Crippen molar-refractivity contribution in [2.75, 3.05) is 25.0 Å².